The summed E-state index contributed by atoms with van der Waals surface area (Å²) in [6.45, 7) is 1.83. The second-order valence-electron chi connectivity index (χ2n) is 6.58. The number of para-hydroxylation sites is 1. The molecule has 5 nitrogen and oxygen atoms in total. The van der Waals surface area contributed by atoms with Crippen LogP contribution in [0.4, 0.5) is 8.78 Å². The van der Waals surface area contributed by atoms with Crippen LogP contribution in [-0.4, -0.2) is 12.5 Å². The van der Waals surface area contributed by atoms with Crippen LogP contribution in [0, 0.1) is 23.0 Å². The molecule has 158 valence electrons. The molecule has 0 aliphatic rings. The van der Waals surface area contributed by atoms with Gasteiger partial charge in [-0.3, -0.25) is 4.79 Å². The van der Waals surface area contributed by atoms with Gasteiger partial charge in [0, 0.05) is 25.3 Å². The van der Waals surface area contributed by atoms with Gasteiger partial charge >= 0.3 is 0 Å². The normalized spacial score (nSPS) is 11.4. The zero-order valence-corrected chi connectivity index (χ0v) is 16.8. The third-order valence-electron chi connectivity index (χ3n) is 4.41. The Labute approximate surface area is 178 Å². The van der Waals surface area contributed by atoms with Gasteiger partial charge in [0.05, 0.1) is 17.2 Å². The molecule has 0 fully saturated rings. The van der Waals surface area contributed by atoms with E-state index in [9.17, 15) is 13.6 Å². The van der Waals surface area contributed by atoms with Crippen LogP contribution < -0.4 is 10.1 Å². The summed E-state index contributed by atoms with van der Waals surface area (Å²) >= 11 is 0. The first kappa shape index (κ1) is 21.9. The standard InChI is InChI=1S/C24H20F2N2O3/c1-2-30-23(24(29)28-15-17-10-8-16(14-27)9-11-17)22-20(25)12-19(13-21(22)26)31-18-6-4-3-5-7-18/h3-13,23H,2,15H2,1H3,(H,28,29). The minimum atomic E-state index is -1.46. The van der Waals surface area contributed by atoms with Crippen LogP contribution in [0.25, 0.3) is 0 Å². The minimum absolute atomic E-state index is 0.0295. The molecule has 3 aromatic rings. The molecule has 0 heterocycles. The van der Waals surface area contributed by atoms with Crippen molar-refractivity contribution in [1.82, 2.24) is 5.32 Å². The van der Waals surface area contributed by atoms with Gasteiger partial charge in [-0.1, -0.05) is 30.3 Å². The van der Waals surface area contributed by atoms with Crippen LogP contribution in [0.5, 0.6) is 11.5 Å². The van der Waals surface area contributed by atoms with Crippen LogP contribution in [0.3, 0.4) is 0 Å². The number of halogens is 2. The molecule has 0 aromatic heterocycles. The average Bonchev–Trinajstić information content (AvgIpc) is 2.77. The summed E-state index contributed by atoms with van der Waals surface area (Å²) in [4.78, 5) is 12.7. The highest BCUT2D eigenvalue weighted by Gasteiger charge is 2.28. The molecule has 1 amide bonds. The van der Waals surface area contributed by atoms with Crippen molar-refractivity contribution in [2.45, 2.75) is 19.6 Å². The molecule has 0 bridgehead atoms. The van der Waals surface area contributed by atoms with Gasteiger partial charge in [0.1, 0.15) is 23.1 Å². The number of amides is 1. The second-order valence-corrected chi connectivity index (χ2v) is 6.58. The number of benzene rings is 3. The maximum absolute atomic E-state index is 14.8. The molecule has 3 aromatic carbocycles. The highest BCUT2D eigenvalue weighted by molar-refractivity contribution is 5.82. The van der Waals surface area contributed by atoms with E-state index in [1.54, 1.807) is 61.5 Å². The van der Waals surface area contributed by atoms with Crippen LogP contribution in [0.1, 0.15) is 29.7 Å². The molecule has 31 heavy (non-hydrogen) atoms. The van der Waals surface area contributed by atoms with E-state index in [0.717, 1.165) is 17.7 Å². The number of ether oxygens (including phenoxy) is 2. The predicted molar refractivity (Wildman–Crippen MR) is 110 cm³/mol. The van der Waals surface area contributed by atoms with Gasteiger partial charge in [-0.2, -0.15) is 5.26 Å². The lowest BCUT2D eigenvalue weighted by Gasteiger charge is -2.19. The first-order chi connectivity index (χ1) is 15.0. The number of hydrogen-bond acceptors (Lipinski definition) is 4. The minimum Gasteiger partial charge on any atom is -0.457 e. The van der Waals surface area contributed by atoms with Crippen molar-refractivity contribution in [3.8, 4) is 17.6 Å². The first-order valence-corrected chi connectivity index (χ1v) is 9.62. The zero-order valence-electron chi connectivity index (χ0n) is 16.8. The third kappa shape index (κ3) is 5.65. The molecular formula is C24H20F2N2O3. The summed E-state index contributed by atoms with van der Waals surface area (Å²) in [6, 6.07) is 19.2. The Hall–Kier alpha value is -3.76. The van der Waals surface area contributed by atoms with Gasteiger partial charge in [0.2, 0.25) is 0 Å². The summed E-state index contributed by atoms with van der Waals surface area (Å²) in [5, 5.41) is 11.5. The number of hydrogen-bond donors (Lipinski definition) is 1. The lowest BCUT2D eigenvalue weighted by molar-refractivity contribution is -0.133. The highest BCUT2D eigenvalue weighted by atomic mass is 19.1. The topological polar surface area (TPSA) is 71.3 Å². The fourth-order valence-corrected chi connectivity index (χ4v) is 2.93. The number of nitriles is 1. The van der Waals surface area contributed by atoms with Crippen molar-refractivity contribution in [2.24, 2.45) is 0 Å². The van der Waals surface area contributed by atoms with Crippen LogP contribution >= 0.6 is 0 Å². The number of carbonyl (C=O) groups excluding carboxylic acids is 1. The van der Waals surface area contributed by atoms with E-state index in [1.807, 2.05) is 6.07 Å². The predicted octanol–water partition coefficient (Wildman–Crippen LogP) is 5.02. The average molecular weight is 422 g/mol. The number of nitrogens with zero attached hydrogens (tertiary/aromatic N) is 1. The summed E-state index contributed by atoms with van der Waals surface area (Å²) in [6.07, 6.45) is -1.46. The highest BCUT2D eigenvalue weighted by Crippen LogP contribution is 2.30. The fourth-order valence-electron chi connectivity index (χ4n) is 2.93. The molecular weight excluding hydrogens is 402 g/mol. The molecule has 0 saturated carbocycles. The van der Waals surface area contributed by atoms with Crippen molar-refractivity contribution in [1.29, 1.82) is 5.26 Å². The van der Waals surface area contributed by atoms with Crippen molar-refractivity contribution in [2.75, 3.05) is 6.61 Å². The Bertz CT molecular complexity index is 1060. The fraction of sp³-hybridized carbons (Fsp3) is 0.167. The Morgan fingerprint density at radius 3 is 2.26 bits per heavy atom. The molecule has 1 atom stereocenters. The van der Waals surface area contributed by atoms with E-state index in [4.69, 9.17) is 14.7 Å². The molecule has 0 spiro atoms. The number of nitrogens with one attached hydrogen (secondary N) is 1. The maximum Gasteiger partial charge on any atom is 0.254 e. The smallest absolute Gasteiger partial charge is 0.254 e. The molecule has 0 aliphatic heterocycles. The van der Waals surface area contributed by atoms with Crippen LogP contribution in [0.2, 0.25) is 0 Å². The van der Waals surface area contributed by atoms with E-state index in [-0.39, 0.29) is 18.9 Å². The van der Waals surface area contributed by atoms with Gasteiger partial charge in [0.25, 0.3) is 5.91 Å². The molecule has 1 unspecified atom stereocenters. The van der Waals surface area contributed by atoms with E-state index < -0.39 is 29.2 Å². The third-order valence-corrected chi connectivity index (χ3v) is 4.41. The first-order valence-electron chi connectivity index (χ1n) is 9.62. The molecule has 0 saturated heterocycles. The lowest BCUT2D eigenvalue weighted by Crippen LogP contribution is -2.31. The van der Waals surface area contributed by atoms with Crippen molar-refractivity contribution in [3.05, 3.63) is 95.1 Å². The Morgan fingerprint density at radius 1 is 1.03 bits per heavy atom. The summed E-state index contributed by atoms with van der Waals surface area (Å²) in [5.41, 5.74) is 0.735. The Balaban J connectivity index is 1.77. The lowest BCUT2D eigenvalue weighted by atomic mass is 10.1. The van der Waals surface area contributed by atoms with Gasteiger partial charge in [-0.15, -0.1) is 0 Å². The van der Waals surface area contributed by atoms with Crippen molar-refractivity contribution in [3.63, 3.8) is 0 Å². The van der Waals surface area contributed by atoms with Gasteiger partial charge in [0.15, 0.2) is 6.10 Å². The summed E-state index contributed by atoms with van der Waals surface area (Å²) in [5.74, 6) is -2.18. The quantitative estimate of drug-likeness (QED) is 0.553. The molecule has 0 aliphatic carbocycles. The summed E-state index contributed by atoms with van der Waals surface area (Å²) < 4.78 is 40.4. The summed E-state index contributed by atoms with van der Waals surface area (Å²) in [7, 11) is 0. The number of carbonyl (C=O) groups is 1. The van der Waals surface area contributed by atoms with Crippen LogP contribution in [-0.2, 0) is 16.1 Å². The largest absolute Gasteiger partial charge is 0.457 e. The molecule has 3 rings (SSSR count). The van der Waals surface area contributed by atoms with E-state index in [1.165, 1.54) is 0 Å². The van der Waals surface area contributed by atoms with Gasteiger partial charge in [-0.05, 0) is 36.8 Å². The van der Waals surface area contributed by atoms with Gasteiger partial charge in [-0.25, -0.2) is 8.78 Å². The molecule has 1 N–H and O–H groups in total. The Morgan fingerprint density at radius 2 is 1.68 bits per heavy atom. The monoisotopic (exact) mass is 422 g/mol. The van der Waals surface area contributed by atoms with E-state index in [2.05, 4.69) is 5.32 Å². The van der Waals surface area contributed by atoms with Crippen LogP contribution in [0.15, 0.2) is 66.7 Å². The molecule has 7 heteroatoms. The van der Waals surface area contributed by atoms with Crippen molar-refractivity contribution >= 4 is 5.91 Å². The van der Waals surface area contributed by atoms with E-state index in [0.29, 0.717) is 11.3 Å². The number of rotatable bonds is 8. The van der Waals surface area contributed by atoms with E-state index >= 15 is 0 Å². The SMILES string of the molecule is CCOC(C(=O)NCc1ccc(C#N)cc1)c1c(F)cc(Oc2ccccc2)cc1F. The van der Waals surface area contributed by atoms with Gasteiger partial charge < -0.3 is 14.8 Å². The Kier molecular flexibility index (Phi) is 7.31. The zero-order chi connectivity index (χ0) is 22.2. The molecule has 0 radical (unpaired) electrons. The maximum atomic E-state index is 14.8. The van der Waals surface area contributed by atoms with Crippen molar-refractivity contribution < 1.29 is 23.0 Å². The second kappa shape index (κ2) is 10.3.